The van der Waals surface area contributed by atoms with Crippen LogP contribution in [-0.4, -0.2) is 48.7 Å². The third-order valence-corrected chi connectivity index (χ3v) is 2.80. The van der Waals surface area contributed by atoms with Crippen LogP contribution in [-0.2, 0) is 9.53 Å². The van der Waals surface area contributed by atoms with E-state index >= 15 is 0 Å². The van der Waals surface area contributed by atoms with E-state index in [2.05, 4.69) is 12.2 Å². The summed E-state index contributed by atoms with van der Waals surface area (Å²) >= 11 is 0. The maximum absolute atomic E-state index is 12.1. The molecule has 1 amide bonds. The van der Waals surface area contributed by atoms with Crippen molar-refractivity contribution in [1.29, 1.82) is 0 Å². The van der Waals surface area contributed by atoms with E-state index in [-0.39, 0.29) is 24.2 Å². The van der Waals surface area contributed by atoms with E-state index in [1.807, 2.05) is 25.7 Å². The van der Waals surface area contributed by atoms with E-state index in [9.17, 15) is 4.79 Å². The van der Waals surface area contributed by atoms with Gasteiger partial charge in [0.05, 0.1) is 18.2 Å². The number of carbonyl (C=O) groups excluding carboxylic acids is 1. The maximum atomic E-state index is 12.1. The molecule has 1 heterocycles. The molecule has 3 unspecified atom stereocenters. The van der Waals surface area contributed by atoms with Gasteiger partial charge in [-0.2, -0.15) is 0 Å². The molecule has 0 spiro atoms. The monoisotopic (exact) mass is 228 g/mol. The SMILES string of the molecule is CCCNC(C)C(=O)N1CC(C)OC(C)C1. The minimum Gasteiger partial charge on any atom is -0.372 e. The van der Waals surface area contributed by atoms with Gasteiger partial charge in [-0.1, -0.05) is 6.92 Å². The molecular formula is C12H24N2O2. The van der Waals surface area contributed by atoms with Crippen LogP contribution < -0.4 is 5.32 Å². The third kappa shape index (κ3) is 3.76. The quantitative estimate of drug-likeness (QED) is 0.781. The zero-order valence-corrected chi connectivity index (χ0v) is 10.8. The predicted octanol–water partition coefficient (Wildman–Crippen LogP) is 1.01. The molecule has 0 aromatic carbocycles. The van der Waals surface area contributed by atoms with Gasteiger partial charge in [-0.25, -0.2) is 0 Å². The van der Waals surface area contributed by atoms with Crippen molar-refractivity contribution in [3.63, 3.8) is 0 Å². The first-order chi connectivity index (χ1) is 7.54. The van der Waals surface area contributed by atoms with E-state index in [1.54, 1.807) is 0 Å². The van der Waals surface area contributed by atoms with Crippen molar-refractivity contribution in [2.45, 2.75) is 52.4 Å². The van der Waals surface area contributed by atoms with Crippen molar-refractivity contribution >= 4 is 5.91 Å². The first-order valence-electron chi connectivity index (χ1n) is 6.22. The Morgan fingerprint density at radius 2 is 2.00 bits per heavy atom. The highest BCUT2D eigenvalue weighted by molar-refractivity contribution is 5.81. The molecule has 94 valence electrons. The molecule has 1 rings (SSSR count). The van der Waals surface area contributed by atoms with Gasteiger partial charge in [0.2, 0.25) is 5.91 Å². The van der Waals surface area contributed by atoms with E-state index in [0.717, 1.165) is 13.0 Å². The molecule has 3 atom stereocenters. The number of morpholine rings is 1. The van der Waals surface area contributed by atoms with Gasteiger partial charge in [0.25, 0.3) is 0 Å². The number of hydrogen-bond acceptors (Lipinski definition) is 3. The highest BCUT2D eigenvalue weighted by Gasteiger charge is 2.28. The summed E-state index contributed by atoms with van der Waals surface area (Å²) < 4.78 is 5.61. The Hall–Kier alpha value is -0.610. The Balaban J connectivity index is 2.45. The van der Waals surface area contributed by atoms with Crippen LogP contribution in [0.4, 0.5) is 0 Å². The fourth-order valence-corrected chi connectivity index (χ4v) is 2.08. The number of ether oxygens (including phenoxy) is 1. The van der Waals surface area contributed by atoms with Gasteiger partial charge < -0.3 is 15.0 Å². The number of nitrogens with zero attached hydrogens (tertiary/aromatic N) is 1. The van der Waals surface area contributed by atoms with E-state index < -0.39 is 0 Å². The summed E-state index contributed by atoms with van der Waals surface area (Å²) in [6, 6.07) is -0.0857. The van der Waals surface area contributed by atoms with Gasteiger partial charge in [0.1, 0.15) is 0 Å². The fraction of sp³-hybridized carbons (Fsp3) is 0.917. The van der Waals surface area contributed by atoms with Crippen LogP contribution in [0.25, 0.3) is 0 Å². The number of rotatable bonds is 4. The van der Waals surface area contributed by atoms with E-state index in [4.69, 9.17) is 4.74 Å². The summed E-state index contributed by atoms with van der Waals surface area (Å²) in [4.78, 5) is 14.0. The van der Waals surface area contributed by atoms with Crippen LogP contribution in [0.15, 0.2) is 0 Å². The smallest absolute Gasteiger partial charge is 0.239 e. The lowest BCUT2D eigenvalue weighted by atomic mass is 10.2. The lowest BCUT2D eigenvalue weighted by Gasteiger charge is -2.36. The minimum atomic E-state index is -0.0857. The first-order valence-corrected chi connectivity index (χ1v) is 6.22. The molecular weight excluding hydrogens is 204 g/mol. The molecule has 4 heteroatoms. The number of hydrogen-bond donors (Lipinski definition) is 1. The highest BCUT2D eigenvalue weighted by Crippen LogP contribution is 2.11. The average molecular weight is 228 g/mol. The highest BCUT2D eigenvalue weighted by atomic mass is 16.5. The largest absolute Gasteiger partial charge is 0.372 e. The summed E-state index contributed by atoms with van der Waals surface area (Å²) in [5.41, 5.74) is 0. The second-order valence-electron chi connectivity index (χ2n) is 4.68. The van der Waals surface area contributed by atoms with Gasteiger partial charge >= 0.3 is 0 Å². The Labute approximate surface area is 98.3 Å². The van der Waals surface area contributed by atoms with Crippen LogP contribution in [0.2, 0.25) is 0 Å². The summed E-state index contributed by atoms with van der Waals surface area (Å²) in [7, 11) is 0. The third-order valence-electron chi connectivity index (χ3n) is 2.80. The van der Waals surface area contributed by atoms with Gasteiger partial charge in [0, 0.05) is 13.1 Å². The van der Waals surface area contributed by atoms with Crippen molar-refractivity contribution < 1.29 is 9.53 Å². The van der Waals surface area contributed by atoms with Gasteiger partial charge in [-0.15, -0.1) is 0 Å². The molecule has 0 radical (unpaired) electrons. The van der Waals surface area contributed by atoms with Crippen molar-refractivity contribution in [3.8, 4) is 0 Å². The van der Waals surface area contributed by atoms with Gasteiger partial charge in [0.15, 0.2) is 0 Å². The van der Waals surface area contributed by atoms with Crippen molar-refractivity contribution in [2.75, 3.05) is 19.6 Å². The summed E-state index contributed by atoms with van der Waals surface area (Å²) in [5.74, 6) is 0.190. The average Bonchev–Trinajstić information content (AvgIpc) is 2.23. The second-order valence-corrected chi connectivity index (χ2v) is 4.68. The fourth-order valence-electron chi connectivity index (χ4n) is 2.08. The Bertz CT molecular complexity index is 223. The second kappa shape index (κ2) is 6.21. The Kier molecular flexibility index (Phi) is 5.22. The van der Waals surface area contributed by atoms with Crippen LogP contribution in [0.1, 0.15) is 34.1 Å². The molecule has 0 aliphatic carbocycles. The van der Waals surface area contributed by atoms with E-state index in [0.29, 0.717) is 13.1 Å². The topological polar surface area (TPSA) is 41.6 Å². The van der Waals surface area contributed by atoms with Crippen LogP contribution >= 0.6 is 0 Å². The molecule has 0 saturated carbocycles. The first kappa shape index (κ1) is 13.5. The van der Waals surface area contributed by atoms with Crippen LogP contribution in [0.5, 0.6) is 0 Å². The molecule has 1 fully saturated rings. The summed E-state index contributed by atoms with van der Waals surface area (Å²) in [6.45, 7) is 10.4. The summed E-state index contributed by atoms with van der Waals surface area (Å²) in [6.07, 6.45) is 1.34. The van der Waals surface area contributed by atoms with Crippen LogP contribution in [0.3, 0.4) is 0 Å². The minimum absolute atomic E-state index is 0.0857. The Morgan fingerprint density at radius 3 is 2.50 bits per heavy atom. The van der Waals surface area contributed by atoms with Crippen molar-refractivity contribution in [2.24, 2.45) is 0 Å². The predicted molar refractivity (Wildman–Crippen MR) is 64.3 cm³/mol. The molecule has 1 aliphatic rings. The maximum Gasteiger partial charge on any atom is 0.239 e. The molecule has 4 nitrogen and oxygen atoms in total. The summed E-state index contributed by atoms with van der Waals surface area (Å²) in [5, 5.41) is 3.23. The molecule has 0 bridgehead atoms. The lowest BCUT2D eigenvalue weighted by molar-refractivity contribution is -0.144. The van der Waals surface area contributed by atoms with E-state index in [1.165, 1.54) is 0 Å². The molecule has 0 aromatic heterocycles. The number of nitrogens with one attached hydrogen (secondary N) is 1. The molecule has 16 heavy (non-hydrogen) atoms. The van der Waals surface area contributed by atoms with Crippen molar-refractivity contribution in [3.05, 3.63) is 0 Å². The Morgan fingerprint density at radius 1 is 1.44 bits per heavy atom. The normalized spacial score (nSPS) is 27.9. The number of amides is 1. The molecule has 1 aliphatic heterocycles. The molecule has 1 saturated heterocycles. The molecule has 1 N–H and O–H groups in total. The number of carbonyl (C=O) groups is 1. The zero-order chi connectivity index (χ0) is 12.1. The lowest BCUT2D eigenvalue weighted by Crippen LogP contribution is -2.53. The van der Waals surface area contributed by atoms with Gasteiger partial charge in [-0.3, -0.25) is 4.79 Å². The zero-order valence-electron chi connectivity index (χ0n) is 10.8. The van der Waals surface area contributed by atoms with Gasteiger partial charge in [-0.05, 0) is 33.7 Å². The standard InChI is InChI=1S/C12H24N2O2/c1-5-6-13-11(4)12(15)14-7-9(2)16-10(3)8-14/h9-11,13H,5-8H2,1-4H3. The molecule has 0 aromatic rings. The van der Waals surface area contributed by atoms with Crippen LogP contribution in [0, 0.1) is 0 Å². The van der Waals surface area contributed by atoms with Crippen molar-refractivity contribution in [1.82, 2.24) is 10.2 Å².